The van der Waals surface area contributed by atoms with Gasteiger partial charge in [-0.25, -0.2) is 0 Å². The third-order valence-electron chi connectivity index (χ3n) is 2.00. The summed E-state index contributed by atoms with van der Waals surface area (Å²) in [5.74, 6) is 0.247. The maximum atomic E-state index is 11.7. The van der Waals surface area contributed by atoms with Crippen molar-refractivity contribution in [2.45, 2.75) is 25.4 Å². The molecule has 1 atom stereocenters. The smallest absolute Gasteiger partial charge is 0.316 e. The van der Waals surface area contributed by atoms with E-state index >= 15 is 0 Å². The second kappa shape index (κ2) is 4.92. The van der Waals surface area contributed by atoms with Crippen LogP contribution < -0.4 is 5.32 Å². The van der Waals surface area contributed by atoms with Crippen LogP contribution in [0.2, 0.25) is 0 Å². The average Bonchev–Trinajstić information content (AvgIpc) is 2.32. The van der Waals surface area contributed by atoms with Gasteiger partial charge in [-0.3, -0.25) is 0 Å². The van der Waals surface area contributed by atoms with Gasteiger partial charge in [0.05, 0.1) is 0 Å². The zero-order chi connectivity index (χ0) is 8.32. The number of halogens is 4. The fourth-order valence-corrected chi connectivity index (χ4v) is 1.33. The highest BCUT2D eigenvalue weighted by Gasteiger charge is 2.28. The van der Waals surface area contributed by atoms with Gasteiger partial charge in [-0.2, -0.15) is 13.2 Å². The molecule has 1 aliphatic rings. The van der Waals surface area contributed by atoms with Crippen molar-refractivity contribution in [2.24, 2.45) is 5.92 Å². The van der Waals surface area contributed by atoms with E-state index in [9.17, 15) is 13.2 Å². The van der Waals surface area contributed by atoms with Gasteiger partial charge >= 0.3 is 6.18 Å². The van der Waals surface area contributed by atoms with Crippen molar-refractivity contribution < 1.29 is 13.2 Å². The van der Waals surface area contributed by atoms with Crippen LogP contribution in [-0.4, -0.2) is 19.3 Å². The first kappa shape index (κ1) is 12.0. The topological polar surface area (TPSA) is 12.0 Å². The lowest BCUT2D eigenvalue weighted by Gasteiger charge is -2.09. The molecule has 74 valence electrons. The Labute approximate surface area is 76.1 Å². The lowest BCUT2D eigenvalue weighted by atomic mass is 10.0. The minimum atomic E-state index is -3.97. The van der Waals surface area contributed by atoms with E-state index in [0.717, 1.165) is 19.5 Å². The predicted octanol–water partition coefficient (Wildman–Crippen LogP) is 2.36. The van der Waals surface area contributed by atoms with Crippen molar-refractivity contribution >= 4 is 12.4 Å². The highest BCUT2D eigenvalue weighted by Crippen LogP contribution is 2.25. The van der Waals surface area contributed by atoms with E-state index in [2.05, 4.69) is 5.32 Å². The summed E-state index contributed by atoms with van der Waals surface area (Å²) in [5.41, 5.74) is 0. The fraction of sp³-hybridized carbons (Fsp3) is 1.00. The van der Waals surface area contributed by atoms with Crippen LogP contribution in [0.5, 0.6) is 0 Å². The second-order valence-corrected chi connectivity index (χ2v) is 3.01. The molecule has 1 N–H and O–H groups in total. The van der Waals surface area contributed by atoms with Gasteiger partial charge in [-0.1, -0.05) is 0 Å². The van der Waals surface area contributed by atoms with Crippen molar-refractivity contribution in [2.75, 3.05) is 13.1 Å². The minimum Gasteiger partial charge on any atom is -0.316 e. The Balaban J connectivity index is 0.00000121. The Hall–Kier alpha value is 0.0400. The Bertz CT molecular complexity index is 120. The molecule has 1 aliphatic heterocycles. The Kier molecular flexibility index (Phi) is 4.94. The van der Waals surface area contributed by atoms with E-state index in [0.29, 0.717) is 0 Å². The van der Waals surface area contributed by atoms with Crippen LogP contribution in [0.3, 0.4) is 0 Å². The molecule has 0 aromatic rings. The number of hydrogen-bond acceptors (Lipinski definition) is 1. The van der Waals surface area contributed by atoms with Crippen molar-refractivity contribution in [1.82, 2.24) is 5.32 Å². The average molecular weight is 204 g/mol. The first-order chi connectivity index (χ1) is 5.08. The molecule has 0 amide bonds. The summed E-state index contributed by atoms with van der Waals surface area (Å²) >= 11 is 0. The molecule has 0 aromatic heterocycles. The van der Waals surface area contributed by atoms with Crippen molar-refractivity contribution in [1.29, 1.82) is 0 Å². The third kappa shape index (κ3) is 4.83. The van der Waals surface area contributed by atoms with Crippen LogP contribution in [0, 0.1) is 5.92 Å². The van der Waals surface area contributed by atoms with Crippen LogP contribution >= 0.6 is 12.4 Å². The molecule has 0 bridgehead atoms. The maximum Gasteiger partial charge on any atom is 0.389 e. The second-order valence-electron chi connectivity index (χ2n) is 3.01. The molecule has 1 nitrogen and oxygen atoms in total. The predicted molar refractivity (Wildman–Crippen MR) is 43.5 cm³/mol. The summed E-state index contributed by atoms with van der Waals surface area (Å²) in [7, 11) is 0. The number of alkyl halides is 3. The van der Waals surface area contributed by atoms with Crippen LogP contribution in [0.15, 0.2) is 0 Å². The van der Waals surface area contributed by atoms with E-state index in [-0.39, 0.29) is 24.7 Å². The van der Waals surface area contributed by atoms with Crippen molar-refractivity contribution in [3.05, 3.63) is 0 Å². The van der Waals surface area contributed by atoms with Crippen LogP contribution in [-0.2, 0) is 0 Å². The van der Waals surface area contributed by atoms with Gasteiger partial charge in [0.2, 0.25) is 0 Å². The minimum absolute atomic E-state index is 0. The lowest BCUT2D eigenvalue weighted by molar-refractivity contribution is -0.137. The number of nitrogens with one attached hydrogen (secondary N) is 1. The van der Waals surface area contributed by atoms with Crippen molar-refractivity contribution in [3.8, 4) is 0 Å². The van der Waals surface area contributed by atoms with E-state index in [4.69, 9.17) is 0 Å². The highest BCUT2D eigenvalue weighted by atomic mass is 35.5. The number of hydrogen-bond donors (Lipinski definition) is 1. The zero-order valence-corrected chi connectivity index (χ0v) is 7.47. The third-order valence-corrected chi connectivity index (χ3v) is 2.00. The summed E-state index contributed by atoms with van der Waals surface area (Å²) in [4.78, 5) is 0. The molecular formula is C7H13ClF3N. The summed E-state index contributed by atoms with van der Waals surface area (Å²) in [6, 6.07) is 0. The standard InChI is InChI=1S/C7H12F3N.ClH/c8-7(9,10)3-1-6-2-4-11-5-6;/h6,11H,1-5H2;1H. The first-order valence-electron chi connectivity index (χ1n) is 3.85. The Morgan fingerprint density at radius 3 is 2.42 bits per heavy atom. The fourth-order valence-electron chi connectivity index (χ4n) is 1.33. The van der Waals surface area contributed by atoms with Gasteiger partial charge in [0, 0.05) is 6.42 Å². The monoisotopic (exact) mass is 203 g/mol. The summed E-state index contributed by atoms with van der Waals surface area (Å²) in [6.07, 6.45) is -3.41. The van der Waals surface area contributed by atoms with Gasteiger partial charge in [-0.15, -0.1) is 12.4 Å². The molecule has 1 unspecified atom stereocenters. The molecule has 1 heterocycles. The van der Waals surface area contributed by atoms with E-state index in [1.165, 1.54) is 0 Å². The lowest BCUT2D eigenvalue weighted by Crippen LogP contribution is -2.13. The SMILES string of the molecule is Cl.FC(F)(F)CCC1CCNC1. The molecule has 0 aromatic carbocycles. The molecule has 1 rings (SSSR count). The van der Waals surface area contributed by atoms with Gasteiger partial charge in [0.25, 0.3) is 0 Å². The normalized spacial score (nSPS) is 23.8. The van der Waals surface area contributed by atoms with E-state index < -0.39 is 12.6 Å². The zero-order valence-electron chi connectivity index (χ0n) is 6.66. The molecule has 12 heavy (non-hydrogen) atoms. The quantitative estimate of drug-likeness (QED) is 0.727. The maximum absolute atomic E-state index is 11.7. The highest BCUT2D eigenvalue weighted by molar-refractivity contribution is 5.85. The van der Waals surface area contributed by atoms with Gasteiger partial charge in [-0.05, 0) is 31.8 Å². The van der Waals surface area contributed by atoms with E-state index in [1.807, 2.05) is 0 Å². The molecule has 1 saturated heterocycles. The van der Waals surface area contributed by atoms with Gasteiger partial charge < -0.3 is 5.32 Å². The van der Waals surface area contributed by atoms with Crippen LogP contribution in [0.4, 0.5) is 13.2 Å². The molecule has 0 saturated carbocycles. The van der Waals surface area contributed by atoms with Crippen molar-refractivity contribution in [3.63, 3.8) is 0 Å². The van der Waals surface area contributed by atoms with E-state index in [1.54, 1.807) is 0 Å². The summed E-state index contributed by atoms with van der Waals surface area (Å²) in [6.45, 7) is 1.64. The first-order valence-corrected chi connectivity index (χ1v) is 3.85. The van der Waals surface area contributed by atoms with Crippen LogP contribution in [0.1, 0.15) is 19.3 Å². The molecular weight excluding hydrogens is 191 g/mol. The Morgan fingerprint density at radius 1 is 1.33 bits per heavy atom. The largest absolute Gasteiger partial charge is 0.389 e. The molecule has 5 heteroatoms. The molecule has 0 spiro atoms. The number of rotatable bonds is 2. The molecule has 0 radical (unpaired) electrons. The van der Waals surface area contributed by atoms with Crippen LogP contribution in [0.25, 0.3) is 0 Å². The molecule has 0 aliphatic carbocycles. The summed E-state index contributed by atoms with van der Waals surface area (Å²) < 4.78 is 35.1. The van der Waals surface area contributed by atoms with Gasteiger partial charge in [0.15, 0.2) is 0 Å². The molecule has 1 fully saturated rings. The summed E-state index contributed by atoms with van der Waals surface area (Å²) in [5, 5.41) is 3.04. The van der Waals surface area contributed by atoms with Gasteiger partial charge in [0.1, 0.15) is 0 Å². The Morgan fingerprint density at radius 2 is 2.00 bits per heavy atom.